The highest BCUT2D eigenvalue weighted by molar-refractivity contribution is 5.48. The van der Waals surface area contributed by atoms with E-state index in [4.69, 9.17) is 0 Å². The average Bonchev–Trinajstić information content (AvgIpc) is 3.17. The van der Waals surface area contributed by atoms with E-state index in [-0.39, 0.29) is 5.54 Å². The van der Waals surface area contributed by atoms with Crippen molar-refractivity contribution in [2.24, 2.45) is 5.92 Å². The SMILES string of the molecule is CC1(C2CC2)CN(c2ccc(F)c(F)c2)CCN1. The van der Waals surface area contributed by atoms with Crippen molar-refractivity contribution in [3.05, 3.63) is 29.8 Å². The molecular formula is C14H18F2N2. The van der Waals surface area contributed by atoms with Crippen LogP contribution in [0.5, 0.6) is 0 Å². The monoisotopic (exact) mass is 252 g/mol. The molecule has 1 heterocycles. The highest BCUT2D eigenvalue weighted by atomic mass is 19.2. The van der Waals surface area contributed by atoms with Gasteiger partial charge in [0.05, 0.1) is 0 Å². The van der Waals surface area contributed by atoms with Crippen molar-refractivity contribution in [3.63, 3.8) is 0 Å². The third-order valence-electron chi connectivity index (χ3n) is 4.18. The van der Waals surface area contributed by atoms with Crippen molar-refractivity contribution in [1.29, 1.82) is 0 Å². The van der Waals surface area contributed by atoms with Crippen molar-refractivity contribution >= 4 is 5.69 Å². The number of piperazine rings is 1. The lowest BCUT2D eigenvalue weighted by Crippen LogP contribution is -2.60. The summed E-state index contributed by atoms with van der Waals surface area (Å²) in [6.45, 7) is 4.83. The van der Waals surface area contributed by atoms with Gasteiger partial charge in [0, 0.05) is 36.9 Å². The number of nitrogens with zero attached hydrogens (tertiary/aromatic N) is 1. The Bertz CT molecular complexity index is 459. The molecule has 2 aliphatic rings. The average molecular weight is 252 g/mol. The number of anilines is 1. The fourth-order valence-electron chi connectivity index (χ4n) is 2.90. The van der Waals surface area contributed by atoms with Crippen LogP contribution in [0.15, 0.2) is 18.2 Å². The second-order valence-electron chi connectivity index (χ2n) is 5.64. The van der Waals surface area contributed by atoms with Crippen molar-refractivity contribution in [1.82, 2.24) is 5.32 Å². The molecule has 1 N–H and O–H groups in total. The zero-order valence-electron chi connectivity index (χ0n) is 10.5. The van der Waals surface area contributed by atoms with Gasteiger partial charge in [-0.15, -0.1) is 0 Å². The molecule has 1 aliphatic heterocycles. The van der Waals surface area contributed by atoms with E-state index in [9.17, 15) is 8.78 Å². The van der Waals surface area contributed by atoms with Gasteiger partial charge in [0.25, 0.3) is 0 Å². The Kier molecular flexibility index (Phi) is 2.77. The van der Waals surface area contributed by atoms with Crippen LogP contribution in [0, 0.1) is 17.6 Å². The van der Waals surface area contributed by atoms with Gasteiger partial charge in [-0.05, 0) is 37.8 Å². The Morgan fingerprint density at radius 3 is 2.72 bits per heavy atom. The molecule has 1 aliphatic carbocycles. The van der Waals surface area contributed by atoms with Crippen LogP contribution in [0.25, 0.3) is 0 Å². The number of hydrogen-bond acceptors (Lipinski definition) is 2. The molecule has 1 unspecified atom stereocenters. The summed E-state index contributed by atoms with van der Waals surface area (Å²) < 4.78 is 26.2. The number of hydrogen-bond donors (Lipinski definition) is 1. The van der Waals surface area contributed by atoms with Crippen LogP contribution < -0.4 is 10.2 Å². The van der Waals surface area contributed by atoms with Gasteiger partial charge in [0.15, 0.2) is 11.6 Å². The van der Waals surface area contributed by atoms with Crippen LogP contribution in [-0.4, -0.2) is 25.2 Å². The first-order chi connectivity index (χ1) is 8.58. The van der Waals surface area contributed by atoms with Crippen molar-refractivity contribution in [2.75, 3.05) is 24.5 Å². The lowest BCUT2D eigenvalue weighted by Gasteiger charge is -2.43. The molecule has 3 rings (SSSR count). The van der Waals surface area contributed by atoms with Gasteiger partial charge < -0.3 is 10.2 Å². The number of halogens is 2. The van der Waals surface area contributed by atoms with E-state index in [1.165, 1.54) is 25.0 Å². The minimum atomic E-state index is -0.779. The summed E-state index contributed by atoms with van der Waals surface area (Å²) in [5.41, 5.74) is 0.894. The third-order valence-corrected chi connectivity index (χ3v) is 4.18. The van der Waals surface area contributed by atoms with E-state index in [0.717, 1.165) is 31.2 Å². The van der Waals surface area contributed by atoms with E-state index in [1.54, 1.807) is 6.07 Å². The minimum Gasteiger partial charge on any atom is -0.368 e. The zero-order valence-corrected chi connectivity index (χ0v) is 10.5. The van der Waals surface area contributed by atoms with E-state index in [1.807, 2.05) is 0 Å². The van der Waals surface area contributed by atoms with Crippen molar-refractivity contribution in [3.8, 4) is 0 Å². The second-order valence-corrected chi connectivity index (χ2v) is 5.64. The Labute approximate surface area is 106 Å². The topological polar surface area (TPSA) is 15.3 Å². The van der Waals surface area contributed by atoms with E-state index in [0.29, 0.717) is 0 Å². The van der Waals surface area contributed by atoms with Gasteiger partial charge >= 0.3 is 0 Å². The Balaban J connectivity index is 1.81. The molecule has 1 aromatic carbocycles. The molecule has 0 radical (unpaired) electrons. The fraction of sp³-hybridized carbons (Fsp3) is 0.571. The molecule has 98 valence electrons. The summed E-state index contributed by atoms with van der Waals surface area (Å²) in [5.74, 6) is -0.816. The molecular weight excluding hydrogens is 234 g/mol. The van der Waals surface area contributed by atoms with Crippen LogP contribution in [0.2, 0.25) is 0 Å². The van der Waals surface area contributed by atoms with Gasteiger partial charge in [0.1, 0.15) is 0 Å². The Morgan fingerprint density at radius 1 is 1.28 bits per heavy atom. The molecule has 18 heavy (non-hydrogen) atoms. The summed E-state index contributed by atoms with van der Waals surface area (Å²) >= 11 is 0. The molecule has 1 saturated carbocycles. The lowest BCUT2D eigenvalue weighted by atomic mass is 9.92. The molecule has 0 amide bonds. The molecule has 1 saturated heterocycles. The zero-order chi connectivity index (χ0) is 12.8. The summed E-state index contributed by atoms with van der Waals surface area (Å²) in [6.07, 6.45) is 2.55. The van der Waals surface area contributed by atoms with E-state index in [2.05, 4.69) is 17.1 Å². The highest BCUT2D eigenvalue weighted by Gasteiger charge is 2.43. The van der Waals surface area contributed by atoms with Gasteiger partial charge in [-0.3, -0.25) is 0 Å². The number of nitrogens with one attached hydrogen (secondary N) is 1. The highest BCUT2D eigenvalue weighted by Crippen LogP contribution is 2.41. The number of rotatable bonds is 2. The largest absolute Gasteiger partial charge is 0.368 e. The van der Waals surface area contributed by atoms with Crippen molar-refractivity contribution < 1.29 is 8.78 Å². The summed E-state index contributed by atoms with van der Waals surface area (Å²) in [4.78, 5) is 2.15. The smallest absolute Gasteiger partial charge is 0.160 e. The van der Waals surface area contributed by atoms with Gasteiger partial charge in [-0.25, -0.2) is 8.78 Å². The van der Waals surface area contributed by atoms with Gasteiger partial charge in [-0.1, -0.05) is 0 Å². The van der Waals surface area contributed by atoms with E-state index >= 15 is 0 Å². The summed E-state index contributed by atoms with van der Waals surface area (Å²) in [7, 11) is 0. The Morgan fingerprint density at radius 2 is 2.06 bits per heavy atom. The molecule has 0 bridgehead atoms. The van der Waals surface area contributed by atoms with Crippen LogP contribution >= 0.6 is 0 Å². The maximum absolute atomic E-state index is 13.3. The molecule has 0 aromatic heterocycles. The van der Waals surface area contributed by atoms with Crippen LogP contribution in [0.3, 0.4) is 0 Å². The van der Waals surface area contributed by atoms with Crippen LogP contribution in [-0.2, 0) is 0 Å². The third kappa shape index (κ3) is 2.09. The van der Waals surface area contributed by atoms with Crippen LogP contribution in [0.1, 0.15) is 19.8 Å². The first-order valence-electron chi connectivity index (χ1n) is 6.53. The maximum atomic E-state index is 13.3. The Hall–Kier alpha value is -1.16. The minimum absolute atomic E-state index is 0.114. The molecule has 2 nitrogen and oxygen atoms in total. The predicted octanol–water partition coefficient (Wildman–Crippen LogP) is 2.54. The fourth-order valence-corrected chi connectivity index (χ4v) is 2.90. The van der Waals surface area contributed by atoms with Gasteiger partial charge in [0.2, 0.25) is 0 Å². The summed E-state index contributed by atoms with van der Waals surface area (Å²) in [5, 5.41) is 3.57. The standard InChI is InChI=1S/C14H18F2N2/c1-14(10-2-3-10)9-18(7-6-17-14)11-4-5-12(15)13(16)8-11/h4-5,8,10,17H,2-3,6-7,9H2,1H3. The van der Waals surface area contributed by atoms with Crippen LogP contribution in [0.4, 0.5) is 14.5 Å². The first-order valence-corrected chi connectivity index (χ1v) is 6.53. The molecule has 4 heteroatoms. The first kappa shape index (κ1) is 11.9. The molecule has 2 fully saturated rings. The van der Waals surface area contributed by atoms with E-state index < -0.39 is 11.6 Å². The molecule has 0 spiro atoms. The lowest BCUT2D eigenvalue weighted by molar-refractivity contribution is 0.285. The predicted molar refractivity (Wildman–Crippen MR) is 67.7 cm³/mol. The molecule has 1 aromatic rings. The molecule has 1 atom stereocenters. The second kappa shape index (κ2) is 4.19. The van der Waals surface area contributed by atoms with Gasteiger partial charge in [-0.2, -0.15) is 0 Å². The maximum Gasteiger partial charge on any atom is 0.160 e. The normalized spacial score (nSPS) is 28.5. The quantitative estimate of drug-likeness (QED) is 0.870. The van der Waals surface area contributed by atoms with Crippen molar-refractivity contribution in [2.45, 2.75) is 25.3 Å². The summed E-state index contributed by atoms with van der Waals surface area (Å²) in [6, 6.07) is 4.17. The number of benzene rings is 1.